The third-order valence-electron chi connectivity index (χ3n) is 17.4. The summed E-state index contributed by atoms with van der Waals surface area (Å²) >= 11 is 6.04. The van der Waals surface area contributed by atoms with Crippen LogP contribution in [0.5, 0.6) is 0 Å². The van der Waals surface area contributed by atoms with Crippen molar-refractivity contribution < 1.29 is 189 Å². The number of rotatable bonds is 45. The first-order valence-corrected chi connectivity index (χ1v) is 56.1. The van der Waals surface area contributed by atoms with Crippen LogP contribution < -0.4 is 68.8 Å². The first-order valence-electron chi connectivity index (χ1n) is 41.8. The standard InChI is InChI=1S/C9H23NO7P2.C7H9ClO6P2S.C7H11NO7P2.4C6H14N2O2.4C6H6N2O.C5H10N2O7P2/c1-3-4-5-7-10(2)8-6-9(11,18(12,13)14)19(15,16)17;8-5-1-3-6(4-2-5)17-7(15(9,10)11)16(12,13)14;9-7(16(10,11)12,17(13,14)15)4-6-2-1-3-8-5-6;4*7-4-2-1-3-5(8)6(9)10;4*7-6(9)5-2-1-3-8-4-5;8-5(15(9,10)11,16(12,13)14)3-7-2-1-6-4-7/h11H,3-8H2,1-2H3,(H2,12,13,14)(H2,15,16,17);1-4,7H,(H2,9,10,11)(H2,12,13,14);1-3,5,9H,4H2,(H2,10,11,12)(H2,13,14,15);4*5H,1-4,7-8H2,(H,9,10);4*1-4H,(H2,7,9);1-2,4,8H,3H2,(H2,9,10,11)(H2,12,13,14)/t;;;3*5-;;;;;;/m...000....../s1. The van der Waals surface area contributed by atoms with Crippen molar-refractivity contribution in [2.24, 2.45) is 68.8 Å². The van der Waals surface area contributed by atoms with Gasteiger partial charge in [0.1, 0.15) is 24.2 Å². The number of carbonyl (C=O) groups excluding carboxylic acids is 4. The number of benzene rings is 1. The van der Waals surface area contributed by atoms with E-state index < -0.39 is 172 Å². The highest BCUT2D eigenvalue weighted by atomic mass is 35.5. The number of nitrogens with zero attached hydrogens (tertiary/aromatic N) is 8. The number of unbranched alkanes of at least 4 members (excludes halogenated alkanes) is 6. The molecule has 0 aliphatic heterocycles. The third-order valence-corrected chi connectivity index (χ3v) is 35.0. The average Bonchev–Trinajstić information content (AvgIpc) is 1.23. The van der Waals surface area contributed by atoms with Crippen molar-refractivity contribution in [3.05, 3.63) is 198 Å². The molecule has 0 aliphatic rings. The Morgan fingerprint density at radius 1 is 0.386 bits per heavy atom. The van der Waals surface area contributed by atoms with Gasteiger partial charge in [-0.1, -0.05) is 74.9 Å². The predicted molar refractivity (Wildman–Crippen MR) is 529 cm³/mol. The number of aromatic nitrogens is 7. The molecule has 145 heavy (non-hydrogen) atoms. The molecule has 0 saturated carbocycles. The highest BCUT2D eigenvalue weighted by molar-refractivity contribution is 8.12. The molecule has 6 heterocycles. The summed E-state index contributed by atoms with van der Waals surface area (Å²) in [4.78, 5) is 248. The number of carbonyl (C=O) groups is 8. The molecule has 0 fully saturated rings. The van der Waals surface area contributed by atoms with Crippen molar-refractivity contribution in [1.29, 1.82) is 0 Å². The van der Waals surface area contributed by atoms with E-state index in [1.165, 1.54) is 79.8 Å². The summed E-state index contributed by atoms with van der Waals surface area (Å²) in [5.41, 5.74) is 63.3. The Labute approximate surface area is 840 Å². The highest BCUT2D eigenvalue weighted by Gasteiger charge is 2.61. The molecule has 1 aromatic carbocycles. The Morgan fingerprint density at radius 3 is 0.876 bits per heavy atom. The lowest BCUT2D eigenvalue weighted by molar-refractivity contribution is -0.139. The number of hydrogen-bond donors (Lipinski definition) is 35. The molecular formula is C76H133ClN20O39P8S. The second-order valence-electron chi connectivity index (χ2n) is 29.5. The number of amides is 4. The van der Waals surface area contributed by atoms with Crippen LogP contribution in [0.15, 0.2) is 171 Å². The zero-order valence-electron chi connectivity index (χ0n) is 78.1. The minimum absolute atomic E-state index is 0.0174. The van der Waals surface area contributed by atoms with Gasteiger partial charge in [-0.3, -0.25) is 99.8 Å². The molecule has 1 unspecified atom stereocenters. The number of pyridine rings is 5. The van der Waals surface area contributed by atoms with Gasteiger partial charge < -0.3 is 192 Å². The first-order chi connectivity index (χ1) is 66.7. The van der Waals surface area contributed by atoms with Crippen LogP contribution in [0.4, 0.5) is 0 Å². The summed E-state index contributed by atoms with van der Waals surface area (Å²) in [5.74, 6) is -5.50. The zero-order valence-corrected chi connectivity index (χ0v) is 86.9. The molecule has 47 N–H and O–H groups in total. The minimum atomic E-state index is -5.41. The maximum atomic E-state index is 11.1. The van der Waals surface area contributed by atoms with Crippen LogP contribution in [-0.2, 0) is 68.7 Å². The summed E-state index contributed by atoms with van der Waals surface area (Å²) < 4.78 is 87.0. The number of nitrogens with two attached hydrogens (primary N) is 12. The average molecular weight is 2270 g/mol. The van der Waals surface area contributed by atoms with Gasteiger partial charge in [-0.2, -0.15) is 0 Å². The van der Waals surface area contributed by atoms with Crippen molar-refractivity contribution in [3.63, 3.8) is 0 Å². The van der Waals surface area contributed by atoms with Crippen LogP contribution in [0.25, 0.3) is 0 Å². The SMILES string of the molecule is CCCCCN(C)CCC(O)(P(=O)(O)O)P(=O)(O)O.NC(=O)c1cccnc1.NC(=O)c1cccnc1.NC(=O)c1cccnc1.NC(=O)c1cccnc1.NCCCCC(N)C(=O)O.NCCCC[C@H](N)C(=O)O.NCCCC[C@H](N)C(=O)O.NCCCC[C@H](N)C(=O)O.O=P(O)(O)C(O)(Cc1cccnc1)P(=O)(O)O.O=P(O)(O)C(O)(Cn1ccnc1)P(=O)(O)O.O=P(O)(O)C(Sc1ccc(Cl)cc1)P(=O)(O)O. The van der Waals surface area contributed by atoms with Gasteiger partial charge in [0.2, 0.25) is 28.4 Å². The Kier molecular flexibility index (Phi) is 74.1. The molecule has 7 aromatic rings. The van der Waals surface area contributed by atoms with Crippen molar-refractivity contribution in [3.8, 4) is 0 Å². The van der Waals surface area contributed by atoms with E-state index in [4.69, 9.17) is 179 Å². The van der Waals surface area contributed by atoms with Crippen LogP contribution in [0, 0.1) is 0 Å². The molecule has 824 valence electrons. The smallest absolute Gasteiger partial charge is 0.371 e. The molecule has 69 heteroatoms. The minimum Gasteiger partial charge on any atom is -0.480 e. The number of halogens is 1. The number of hydrogen-bond acceptors (Lipinski definition) is 35. The van der Waals surface area contributed by atoms with Gasteiger partial charge >= 0.3 is 84.6 Å². The van der Waals surface area contributed by atoms with Crippen LogP contribution in [0.1, 0.15) is 157 Å². The molecule has 0 aliphatic carbocycles. The molecule has 0 spiro atoms. The summed E-state index contributed by atoms with van der Waals surface area (Å²) in [5, 5.41) is 52.3. The molecule has 0 radical (unpaired) electrons. The fourth-order valence-corrected chi connectivity index (χ4v) is 19.6. The van der Waals surface area contributed by atoms with Crippen molar-refractivity contribution >= 4 is 132 Å². The zero-order chi connectivity index (χ0) is 113. The second-order valence-corrected chi connectivity index (χ2v) is 47.7. The fraction of sp³-hybridized carbons (Fsp3) is 0.447. The third kappa shape index (κ3) is 65.7. The number of aliphatic hydroxyl groups is 3. The van der Waals surface area contributed by atoms with Crippen LogP contribution in [-0.4, -0.2) is 291 Å². The van der Waals surface area contributed by atoms with Gasteiger partial charge in [0.05, 0.1) is 35.1 Å². The Bertz CT molecular complexity index is 4860. The molecule has 6 aromatic heterocycles. The van der Waals surface area contributed by atoms with E-state index in [0.717, 1.165) is 87.7 Å². The summed E-state index contributed by atoms with van der Waals surface area (Å²) in [7, 11) is -40.4. The molecule has 0 saturated heterocycles. The summed E-state index contributed by atoms with van der Waals surface area (Å²) in [6, 6.07) is 18.8. The largest absolute Gasteiger partial charge is 0.480 e. The lowest BCUT2D eigenvalue weighted by Crippen LogP contribution is -2.34. The second kappa shape index (κ2) is 74.2. The molecular weight excluding hydrogens is 2130 g/mol. The maximum Gasteiger partial charge on any atom is 0.371 e. The normalized spacial score (nSPS) is 12.3. The van der Waals surface area contributed by atoms with E-state index in [-0.39, 0.29) is 12.1 Å². The maximum absolute atomic E-state index is 11.1. The number of carboxylic acids is 4. The van der Waals surface area contributed by atoms with E-state index in [1.54, 1.807) is 85.3 Å². The molecule has 4 amide bonds. The summed E-state index contributed by atoms with van der Waals surface area (Å²) in [6.45, 7) is 4.10. The van der Waals surface area contributed by atoms with Gasteiger partial charge in [-0.15, -0.1) is 0 Å². The Hall–Kier alpha value is -8.70. The van der Waals surface area contributed by atoms with Gasteiger partial charge in [0.25, 0.3) is 15.2 Å². The highest BCUT2D eigenvalue weighted by Crippen LogP contribution is 2.71. The number of aliphatic carboxylic acids is 4. The predicted octanol–water partition coefficient (Wildman–Crippen LogP) is -0.0875. The van der Waals surface area contributed by atoms with Crippen molar-refractivity contribution in [1.82, 2.24) is 39.4 Å². The molecule has 59 nitrogen and oxygen atoms in total. The number of primary amides is 4. The molecule has 0 bridgehead atoms. The Morgan fingerprint density at radius 2 is 0.669 bits per heavy atom. The van der Waals surface area contributed by atoms with E-state index in [1.807, 2.05) is 6.92 Å². The van der Waals surface area contributed by atoms with E-state index in [2.05, 4.69) is 29.9 Å². The number of thioether (sulfide) groups is 1. The van der Waals surface area contributed by atoms with E-state index >= 15 is 0 Å². The lowest BCUT2D eigenvalue weighted by Gasteiger charge is -2.30. The summed E-state index contributed by atoms with van der Waals surface area (Å²) in [6.07, 6.45) is 28.1. The Balaban J connectivity index is -0.000000496. The van der Waals surface area contributed by atoms with Crippen LogP contribution >= 0.6 is 84.1 Å². The van der Waals surface area contributed by atoms with Crippen LogP contribution in [0.3, 0.4) is 0 Å². The molecule has 7 rings (SSSR count). The van der Waals surface area contributed by atoms with Crippen molar-refractivity contribution in [2.75, 3.05) is 46.3 Å². The van der Waals surface area contributed by atoms with Crippen LogP contribution in [0.2, 0.25) is 5.02 Å². The van der Waals surface area contributed by atoms with Gasteiger partial charge in [-0.05, 0) is 182 Å². The van der Waals surface area contributed by atoms with Gasteiger partial charge in [-0.25, -0.2) is 4.98 Å². The lowest BCUT2D eigenvalue weighted by atomic mass is 10.1. The van der Waals surface area contributed by atoms with E-state index in [9.17, 15) is 90.2 Å². The molecule has 4 atom stereocenters. The van der Waals surface area contributed by atoms with Gasteiger partial charge in [0.15, 0.2) is 0 Å². The van der Waals surface area contributed by atoms with Gasteiger partial charge in [0, 0.05) is 104 Å². The number of carboxylic acid groups (broad SMARTS) is 4. The first kappa shape index (κ1) is 145. The quantitative estimate of drug-likeness (QED) is 0.0135. The monoisotopic (exact) mass is 2260 g/mol. The topological polar surface area (TPSA) is 1140 Å². The van der Waals surface area contributed by atoms with Crippen molar-refractivity contribution in [2.45, 2.75) is 172 Å². The van der Waals surface area contributed by atoms with E-state index in [0.29, 0.717) is 102 Å². The number of imidazole rings is 1. The fourth-order valence-electron chi connectivity index (χ4n) is 9.21.